The highest BCUT2D eigenvalue weighted by Crippen LogP contribution is 2.20. The van der Waals surface area contributed by atoms with E-state index in [-0.39, 0.29) is 30.1 Å². The number of carbonyl (C=O) groups excluding carboxylic acids is 1. The molecule has 1 aromatic rings. The fraction of sp³-hybridized carbons (Fsp3) is 0.438. The number of halogens is 3. The van der Waals surface area contributed by atoms with Crippen molar-refractivity contribution in [2.45, 2.75) is 24.9 Å². The Kier molecular flexibility index (Phi) is 7.18. The number of alkyl halides is 3. The van der Waals surface area contributed by atoms with Gasteiger partial charge in [-0.3, -0.25) is 4.79 Å². The summed E-state index contributed by atoms with van der Waals surface area (Å²) < 4.78 is 63.7. The van der Waals surface area contributed by atoms with Crippen molar-refractivity contribution in [1.29, 1.82) is 0 Å². The van der Waals surface area contributed by atoms with Gasteiger partial charge < -0.3 is 4.90 Å². The van der Waals surface area contributed by atoms with E-state index in [4.69, 9.17) is 0 Å². The molecule has 0 aliphatic heterocycles. The van der Waals surface area contributed by atoms with Crippen molar-refractivity contribution in [3.8, 4) is 0 Å². The molecule has 1 amide bonds. The minimum atomic E-state index is -4.54. The minimum absolute atomic E-state index is 0.0150. The zero-order valence-corrected chi connectivity index (χ0v) is 14.9. The Balaban J connectivity index is 3.08. The van der Waals surface area contributed by atoms with Gasteiger partial charge in [0.1, 0.15) is 6.54 Å². The summed E-state index contributed by atoms with van der Waals surface area (Å²) in [6.45, 7) is 5.65. The van der Waals surface area contributed by atoms with Crippen LogP contribution in [0.3, 0.4) is 0 Å². The monoisotopic (exact) mass is 378 g/mol. The molecule has 9 heteroatoms. The van der Waals surface area contributed by atoms with Gasteiger partial charge in [0, 0.05) is 25.2 Å². The molecule has 0 heterocycles. The largest absolute Gasteiger partial charge is 0.406 e. The topological polar surface area (TPSA) is 57.7 Å². The van der Waals surface area contributed by atoms with E-state index >= 15 is 0 Å². The van der Waals surface area contributed by atoms with Crippen molar-refractivity contribution in [3.05, 3.63) is 42.5 Å². The average Bonchev–Trinajstić information content (AvgIpc) is 2.53. The number of rotatable bonds is 8. The Bertz CT molecular complexity index is 696. The lowest BCUT2D eigenvalue weighted by molar-refractivity contribution is -0.139. The summed E-state index contributed by atoms with van der Waals surface area (Å²) in [5.74, 6) is -0.844. The van der Waals surface area contributed by atoms with Crippen molar-refractivity contribution in [2.24, 2.45) is 0 Å². The molecule has 0 N–H and O–H groups in total. The predicted molar refractivity (Wildman–Crippen MR) is 88.7 cm³/mol. The van der Waals surface area contributed by atoms with E-state index in [1.807, 2.05) is 0 Å². The quantitative estimate of drug-likeness (QED) is 0.654. The van der Waals surface area contributed by atoms with Crippen LogP contribution in [0.5, 0.6) is 0 Å². The first-order valence-electron chi connectivity index (χ1n) is 7.64. The fourth-order valence-electron chi connectivity index (χ4n) is 2.26. The molecule has 0 spiro atoms. The van der Waals surface area contributed by atoms with Gasteiger partial charge in [-0.2, -0.15) is 17.5 Å². The zero-order valence-electron chi connectivity index (χ0n) is 14.1. The van der Waals surface area contributed by atoms with Gasteiger partial charge in [-0.1, -0.05) is 19.9 Å². The summed E-state index contributed by atoms with van der Waals surface area (Å²) in [5.41, 5.74) is -0.0235. The van der Waals surface area contributed by atoms with Crippen LogP contribution in [0.15, 0.2) is 41.8 Å². The van der Waals surface area contributed by atoms with Crippen molar-refractivity contribution in [1.82, 2.24) is 9.21 Å². The molecule has 0 saturated heterocycles. The van der Waals surface area contributed by atoms with E-state index < -0.39 is 28.7 Å². The first-order valence-corrected chi connectivity index (χ1v) is 9.08. The maximum atomic E-state index is 12.6. The van der Waals surface area contributed by atoms with Crippen molar-refractivity contribution in [2.75, 3.05) is 26.2 Å². The molecule has 1 rings (SSSR count). The molecular formula is C16H21F3N2O3S. The Morgan fingerprint density at radius 1 is 1.16 bits per heavy atom. The van der Waals surface area contributed by atoms with Gasteiger partial charge in [-0.25, -0.2) is 8.42 Å². The third kappa shape index (κ3) is 5.57. The summed E-state index contributed by atoms with van der Waals surface area (Å²) in [5, 5.41) is 0. The Morgan fingerprint density at radius 2 is 1.68 bits per heavy atom. The first-order chi connectivity index (χ1) is 11.6. The lowest BCUT2D eigenvalue weighted by Gasteiger charge is -2.23. The van der Waals surface area contributed by atoms with E-state index in [0.29, 0.717) is 4.90 Å². The van der Waals surface area contributed by atoms with Crippen LogP contribution in [-0.4, -0.2) is 55.9 Å². The maximum absolute atomic E-state index is 12.6. The lowest BCUT2D eigenvalue weighted by atomic mass is 10.2. The van der Waals surface area contributed by atoms with E-state index in [9.17, 15) is 26.4 Å². The van der Waals surface area contributed by atoms with Gasteiger partial charge in [0.05, 0.1) is 4.90 Å². The molecular weight excluding hydrogens is 357 g/mol. The van der Waals surface area contributed by atoms with Crippen LogP contribution in [0.2, 0.25) is 0 Å². The summed E-state index contributed by atoms with van der Waals surface area (Å²) in [7, 11) is -3.69. The van der Waals surface area contributed by atoms with Crippen LogP contribution < -0.4 is 0 Å². The summed E-state index contributed by atoms with van der Waals surface area (Å²) >= 11 is 0. The molecule has 0 atom stereocenters. The first kappa shape index (κ1) is 21.2. The molecule has 0 aliphatic rings. The summed E-state index contributed by atoms with van der Waals surface area (Å²) in [6.07, 6.45) is -3.34. The second-order valence-electron chi connectivity index (χ2n) is 5.20. The standard InChI is InChI=1S/C16H21F3N2O3S/c1-4-11-20(12-16(17,18)19)15(22)13-7-9-14(10-8-13)25(23,24)21(5-2)6-3/h4,7-10H,1,5-6,11-12H2,2-3H3. The molecule has 140 valence electrons. The predicted octanol–water partition coefficient (Wildman–Crippen LogP) is 2.91. The molecule has 25 heavy (non-hydrogen) atoms. The molecule has 0 aromatic heterocycles. The number of sulfonamides is 1. The number of hydrogen-bond donors (Lipinski definition) is 0. The van der Waals surface area contributed by atoms with Gasteiger partial charge in [-0.15, -0.1) is 6.58 Å². The lowest BCUT2D eigenvalue weighted by Crippen LogP contribution is -2.39. The van der Waals surface area contributed by atoms with Gasteiger partial charge in [0.15, 0.2) is 0 Å². The third-order valence-electron chi connectivity index (χ3n) is 3.45. The van der Waals surface area contributed by atoms with Crippen LogP contribution in [0.4, 0.5) is 13.2 Å². The van der Waals surface area contributed by atoms with E-state index in [2.05, 4.69) is 6.58 Å². The SMILES string of the molecule is C=CCN(CC(F)(F)F)C(=O)c1ccc(S(=O)(=O)N(CC)CC)cc1. The molecule has 0 unspecified atom stereocenters. The number of amides is 1. The van der Waals surface area contributed by atoms with Crippen molar-refractivity contribution >= 4 is 15.9 Å². The zero-order chi connectivity index (χ0) is 19.3. The number of carbonyl (C=O) groups is 1. The van der Waals surface area contributed by atoms with Gasteiger partial charge in [-0.05, 0) is 24.3 Å². The Morgan fingerprint density at radius 3 is 2.08 bits per heavy atom. The van der Waals surface area contributed by atoms with E-state index in [0.717, 1.165) is 0 Å². The highest BCUT2D eigenvalue weighted by molar-refractivity contribution is 7.89. The number of benzene rings is 1. The molecule has 5 nitrogen and oxygen atoms in total. The molecule has 0 saturated carbocycles. The van der Waals surface area contributed by atoms with Crippen LogP contribution in [-0.2, 0) is 10.0 Å². The van der Waals surface area contributed by atoms with Gasteiger partial charge in [0.25, 0.3) is 5.91 Å². The van der Waals surface area contributed by atoms with Crippen LogP contribution >= 0.6 is 0 Å². The molecule has 0 bridgehead atoms. The maximum Gasteiger partial charge on any atom is 0.406 e. The molecule has 0 radical (unpaired) electrons. The van der Waals surface area contributed by atoms with Gasteiger partial charge >= 0.3 is 6.18 Å². The van der Waals surface area contributed by atoms with E-state index in [1.54, 1.807) is 13.8 Å². The van der Waals surface area contributed by atoms with E-state index in [1.165, 1.54) is 34.6 Å². The van der Waals surface area contributed by atoms with Crippen molar-refractivity contribution < 1.29 is 26.4 Å². The second-order valence-corrected chi connectivity index (χ2v) is 7.14. The smallest absolute Gasteiger partial charge is 0.326 e. The number of nitrogens with zero attached hydrogens (tertiary/aromatic N) is 2. The number of hydrogen-bond acceptors (Lipinski definition) is 3. The average molecular weight is 378 g/mol. The van der Waals surface area contributed by atoms with Crippen LogP contribution in [0.25, 0.3) is 0 Å². The fourth-order valence-corrected chi connectivity index (χ4v) is 3.71. The highest BCUT2D eigenvalue weighted by Gasteiger charge is 2.33. The van der Waals surface area contributed by atoms with Gasteiger partial charge in [0.2, 0.25) is 10.0 Å². The molecule has 0 aliphatic carbocycles. The molecule has 0 fully saturated rings. The van der Waals surface area contributed by atoms with Crippen LogP contribution in [0.1, 0.15) is 24.2 Å². The van der Waals surface area contributed by atoms with Crippen molar-refractivity contribution in [3.63, 3.8) is 0 Å². The second kappa shape index (κ2) is 8.48. The summed E-state index contributed by atoms with van der Waals surface area (Å²) in [6, 6.07) is 4.87. The minimum Gasteiger partial charge on any atom is -0.326 e. The Hall–Kier alpha value is -1.87. The normalized spacial score (nSPS) is 12.2. The Labute approximate surface area is 145 Å². The highest BCUT2D eigenvalue weighted by atomic mass is 32.2. The third-order valence-corrected chi connectivity index (χ3v) is 5.52. The van der Waals surface area contributed by atoms with Crippen LogP contribution in [0, 0.1) is 0 Å². The summed E-state index contributed by atoms with van der Waals surface area (Å²) in [4.78, 5) is 12.8. The molecule has 1 aromatic carbocycles.